The zero-order valence-electron chi connectivity index (χ0n) is 10.5. The molecule has 2 N–H and O–H groups in total. The van der Waals surface area contributed by atoms with Crippen LogP contribution in [0.25, 0.3) is 0 Å². The number of halogens is 1. The molecule has 0 bridgehead atoms. The summed E-state index contributed by atoms with van der Waals surface area (Å²) in [4.78, 5) is 0. The van der Waals surface area contributed by atoms with E-state index >= 15 is 0 Å². The average Bonchev–Trinajstić information content (AvgIpc) is 2.35. The van der Waals surface area contributed by atoms with E-state index in [-0.39, 0.29) is 0 Å². The molecule has 0 aliphatic heterocycles. The van der Waals surface area contributed by atoms with Gasteiger partial charge in [-0.1, -0.05) is 50.3 Å². The third-order valence-corrected chi connectivity index (χ3v) is 3.03. The van der Waals surface area contributed by atoms with Crippen molar-refractivity contribution in [2.45, 2.75) is 45.6 Å². The maximum atomic E-state index is 6.09. The first-order chi connectivity index (χ1) is 8.27. The molecule has 1 rings (SSSR count). The maximum Gasteiger partial charge on any atom is 0.137 e. The van der Waals surface area contributed by atoms with E-state index in [1.807, 2.05) is 18.2 Å². The van der Waals surface area contributed by atoms with Gasteiger partial charge in [0, 0.05) is 6.54 Å². The lowest BCUT2D eigenvalue weighted by Gasteiger charge is -2.08. The van der Waals surface area contributed by atoms with Crippen LogP contribution in [0.3, 0.4) is 0 Å². The van der Waals surface area contributed by atoms with Crippen LogP contribution < -0.4 is 10.5 Å². The third-order valence-electron chi connectivity index (χ3n) is 2.74. The number of unbranched alkanes of at least 4 members (excludes halogenated alkanes) is 4. The standard InChI is InChI=1S/C14H22ClNO/c1-2-3-4-5-6-9-17-14-8-7-12(11-16)10-13(14)15/h7-8,10H,2-6,9,11,16H2,1H3. The van der Waals surface area contributed by atoms with E-state index in [0.717, 1.165) is 24.3 Å². The van der Waals surface area contributed by atoms with Crippen molar-refractivity contribution in [3.05, 3.63) is 28.8 Å². The van der Waals surface area contributed by atoms with Gasteiger partial charge in [0.1, 0.15) is 5.75 Å². The topological polar surface area (TPSA) is 35.2 Å². The highest BCUT2D eigenvalue weighted by atomic mass is 35.5. The lowest BCUT2D eigenvalue weighted by Crippen LogP contribution is -2.00. The molecule has 0 atom stereocenters. The number of nitrogens with two attached hydrogens (primary N) is 1. The Bertz CT molecular complexity index is 328. The van der Waals surface area contributed by atoms with Crippen molar-refractivity contribution < 1.29 is 4.74 Å². The lowest BCUT2D eigenvalue weighted by molar-refractivity contribution is 0.304. The smallest absolute Gasteiger partial charge is 0.137 e. The van der Waals surface area contributed by atoms with E-state index in [0.29, 0.717) is 11.6 Å². The van der Waals surface area contributed by atoms with Crippen molar-refractivity contribution in [2.24, 2.45) is 5.73 Å². The zero-order valence-corrected chi connectivity index (χ0v) is 11.3. The van der Waals surface area contributed by atoms with Crippen LogP contribution in [0.15, 0.2) is 18.2 Å². The van der Waals surface area contributed by atoms with Gasteiger partial charge in [-0.25, -0.2) is 0 Å². The van der Waals surface area contributed by atoms with Gasteiger partial charge in [-0.2, -0.15) is 0 Å². The van der Waals surface area contributed by atoms with Crippen molar-refractivity contribution >= 4 is 11.6 Å². The van der Waals surface area contributed by atoms with Crippen LogP contribution in [0.1, 0.15) is 44.6 Å². The SMILES string of the molecule is CCCCCCCOc1ccc(CN)cc1Cl. The highest BCUT2D eigenvalue weighted by Gasteiger charge is 2.02. The molecular formula is C14H22ClNO. The van der Waals surface area contributed by atoms with Crippen LogP contribution >= 0.6 is 11.6 Å². The van der Waals surface area contributed by atoms with Crippen molar-refractivity contribution in [2.75, 3.05) is 6.61 Å². The molecule has 0 radical (unpaired) electrons. The second-order valence-electron chi connectivity index (χ2n) is 4.23. The Kier molecular flexibility index (Phi) is 7.06. The molecule has 17 heavy (non-hydrogen) atoms. The molecule has 1 aromatic carbocycles. The summed E-state index contributed by atoms with van der Waals surface area (Å²) in [7, 11) is 0. The predicted molar refractivity (Wildman–Crippen MR) is 73.6 cm³/mol. The Labute approximate surface area is 109 Å². The third kappa shape index (κ3) is 5.42. The van der Waals surface area contributed by atoms with Gasteiger partial charge in [0.15, 0.2) is 0 Å². The monoisotopic (exact) mass is 255 g/mol. The van der Waals surface area contributed by atoms with Gasteiger partial charge >= 0.3 is 0 Å². The van der Waals surface area contributed by atoms with Gasteiger partial charge in [0.25, 0.3) is 0 Å². The fraction of sp³-hybridized carbons (Fsp3) is 0.571. The zero-order chi connectivity index (χ0) is 12.5. The van der Waals surface area contributed by atoms with Gasteiger partial charge in [0.05, 0.1) is 11.6 Å². The van der Waals surface area contributed by atoms with E-state index in [4.69, 9.17) is 22.1 Å². The number of ether oxygens (including phenoxy) is 1. The highest BCUT2D eigenvalue weighted by Crippen LogP contribution is 2.25. The molecule has 0 saturated carbocycles. The first-order valence-corrected chi connectivity index (χ1v) is 6.77. The molecule has 0 heterocycles. The van der Waals surface area contributed by atoms with E-state index in [1.54, 1.807) is 0 Å². The Balaban J connectivity index is 2.27. The molecule has 0 aromatic heterocycles. The van der Waals surface area contributed by atoms with E-state index in [1.165, 1.54) is 25.7 Å². The van der Waals surface area contributed by atoms with Gasteiger partial charge in [0.2, 0.25) is 0 Å². The van der Waals surface area contributed by atoms with Crippen molar-refractivity contribution in [1.29, 1.82) is 0 Å². The number of rotatable bonds is 8. The van der Waals surface area contributed by atoms with E-state index in [9.17, 15) is 0 Å². The second-order valence-corrected chi connectivity index (χ2v) is 4.64. The van der Waals surface area contributed by atoms with Crippen LogP contribution in [-0.2, 0) is 6.54 Å². The molecule has 0 spiro atoms. The summed E-state index contributed by atoms with van der Waals surface area (Å²) in [5.41, 5.74) is 6.57. The van der Waals surface area contributed by atoms with Crippen molar-refractivity contribution in [3.8, 4) is 5.75 Å². The summed E-state index contributed by atoms with van der Waals surface area (Å²) in [5, 5.41) is 0.654. The molecule has 0 amide bonds. The first kappa shape index (κ1) is 14.3. The summed E-state index contributed by atoms with van der Waals surface area (Å²) in [5.74, 6) is 0.763. The van der Waals surface area contributed by atoms with Crippen LogP contribution in [0, 0.1) is 0 Å². The molecule has 0 aliphatic carbocycles. The molecule has 0 saturated heterocycles. The van der Waals surface area contributed by atoms with Gasteiger partial charge < -0.3 is 10.5 Å². The number of hydrogen-bond donors (Lipinski definition) is 1. The fourth-order valence-electron chi connectivity index (χ4n) is 1.68. The van der Waals surface area contributed by atoms with Gasteiger partial charge in [-0.05, 0) is 24.1 Å². The summed E-state index contributed by atoms with van der Waals surface area (Å²) in [6, 6.07) is 5.73. The second kappa shape index (κ2) is 8.37. The summed E-state index contributed by atoms with van der Waals surface area (Å²) in [6.07, 6.45) is 6.19. The molecule has 1 aromatic rings. The van der Waals surface area contributed by atoms with Crippen molar-refractivity contribution in [1.82, 2.24) is 0 Å². The first-order valence-electron chi connectivity index (χ1n) is 6.39. The van der Waals surface area contributed by atoms with E-state index in [2.05, 4.69) is 6.92 Å². The van der Waals surface area contributed by atoms with Crippen LogP contribution in [-0.4, -0.2) is 6.61 Å². The molecule has 0 unspecified atom stereocenters. The highest BCUT2D eigenvalue weighted by molar-refractivity contribution is 6.32. The molecule has 2 nitrogen and oxygen atoms in total. The van der Waals surface area contributed by atoms with Crippen LogP contribution in [0.2, 0.25) is 5.02 Å². The Morgan fingerprint density at radius 2 is 1.94 bits per heavy atom. The fourth-order valence-corrected chi connectivity index (χ4v) is 1.93. The van der Waals surface area contributed by atoms with Crippen molar-refractivity contribution in [3.63, 3.8) is 0 Å². The average molecular weight is 256 g/mol. The minimum atomic E-state index is 0.511. The van der Waals surface area contributed by atoms with E-state index < -0.39 is 0 Å². The number of benzene rings is 1. The van der Waals surface area contributed by atoms with Crippen LogP contribution in [0.4, 0.5) is 0 Å². The van der Waals surface area contributed by atoms with Gasteiger partial charge in [-0.15, -0.1) is 0 Å². The predicted octanol–water partition coefficient (Wildman–Crippen LogP) is 4.15. The largest absolute Gasteiger partial charge is 0.492 e. The minimum absolute atomic E-state index is 0.511. The molecule has 3 heteroatoms. The summed E-state index contributed by atoms with van der Waals surface area (Å²) in [6.45, 7) is 3.47. The Morgan fingerprint density at radius 3 is 2.59 bits per heavy atom. The molecule has 96 valence electrons. The van der Waals surface area contributed by atoms with Crippen LogP contribution in [0.5, 0.6) is 5.75 Å². The lowest BCUT2D eigenvalue weighted by atomic mass is 10.2. The number of hydrogen-bond acceptors (Lipinski definition) is 2. The normalized spacial score (nSPS) is 10.5. The molecule has 0 fully saturated rings. The maximum absolute atomic E-state index is 6.09. The Morgan fingerprint density at radius 1 is 1.18 bits per heavy atom. The molecular weight excluding hydrogens is 234 g/mol. The minimum Gasteiger partial charge on any atom is -0.492 e. The molecule has 0 aliphatic rings. The quantitative estimate of drug-likeness (QED) is 0.709. The Hall–Kier alpha value is -0.730. The summed E-state index contributed by atoms with van der Waals surface area (Å²) >= 11 is 6.09. The van der Waals surface area contributed by atoms with Gasteiger partial charge in [-0.3, -0.25) is 0 Å². The summed E-state index contributed by atoms with van der Waals surface area (Å²) < 4.78 is 5.64.